The molecule has 0 aromatic heterocycles. The van der Waals surface area contributed by atoms with E-state index >= 15 is 0 Å². The highest BCUT2D eigenvalue weighted by molar-refractivity contribution is 6.36. The number of rotatable bonds is 2. The highest BCUT2D eigenvalue weighted by Gasteiger charge is 2.40. The van der Waals surface area contributed by atoms with Crippen LogP contribution in [-0.4, -0.2) is 37.8 Å². The Morgan fingerprint density at radius 2 is 1.95 bits per heavy atom. The second-order valence-electron chi connectivity index (χ2n) is 5.44. The summed E-state index contributed by atoms with van der Waals surface area (Å²) in [5.41, 5.74) is 7.41. The molecule has 3 rings (SSSR count). The average molecular weight is 321 g/mol. The molecule has 0 aliphatic carbocycles. The summed E-state index contributed by atoms with van der Waals surface area (Å²) < 4.78 is 11.4. The van der Waals surface area contributed by atoms with E-state index in [1.54, 1.807) is 12.1 Å². The predicted octanol–water partition coefficient (Wildman–Crippen LogP) is 2.16. The molecule has 116 valence electrons. The van der Waals surface area contributed by atoms with Crippen LogP contribution in [0.5, 0.6) is 0 Å². The highest BCUT2D eigenvalue weighted by atomic mass is 35.5. The maximum absolute atomic E-state index is 8.94. The molecule has 3 N–H and O–H groups in total. The van der Waals surface area contributed by atoms with Crippen molar-refractivity contribution < 1.29 is 9.47 Å². The lowest BCUT2D eigenvalue weighted by atomic mass is 10.0. The number of piperidine rings is 1. The Bertz CT molecular complexity index is 640. The molecular weight excluding hydrogens is 304 g/mol. The summed E-state index contributed by atoms with van der Waals surface area (Å²) >= 11 is 6.08. The fraction of sp³-hybridized carbons (Fsp3) is 0.467. The number of nitrogens with one attached hydrogen (secondary N) is 1. The molecule has 0 radical (unpaired) electrons. The van der Waals surface area contributed by atoms with E-state index in [0.717, 1.165) is 31.6 Å². The number of hydrogen-bond acceptors (Lipinski definition) is 6. The van der Waals surface area contributed by atoms with Crippen molar-refractivity contribution in [3.63, 3.8) is 0 Å². The van der Waals surface area contributed by atoms with Gasteiger partial charge in [-0.15, -0.1) is 0 Å². The highest BCUT2D eigenvalue weighted by Crippen LogP contribution is 2.37. The molecule has 0 saturated carbocycles. The molecular formula is C15H17ClN4O2. The van der Waals surface area contributed by atoms with Crippen molar-refractivity contribution in [2.24, 2.45) is 0 Å². The Balaban J connectivity index is 1.84. The lowest BCUT2D eigenvalue weighted by Crippen LogP contribution is -2.45. The van der Waals surface area contributed by atoms with Gasteiger partial charge in [-0.25, -0.2) is 0 Å². The first-order valence-corrected chi connectivity index (χ1v) is 7.54. The molecule has 1 spiro atoms. The van der Waals surface area contributed by atoms with Gasteiger partial charge >= 0.3 is 0 Å². The van der Waals surface area contributed by atoms with Gasteiger partial charge in [0.15, 0.2) is 5.79 Å². The van der Waals surface area contributed by atoms with Crippen LogP contribution in [0.2, 0.25) is 5.02 Å². The Morgan fingerprint density at radius 1 is 1.32 bits per heavy atom. The first-order valence-electron chi connectivity index (χ1n) is 7.16. The molecule has 7 heteroatoms. The van der Waals surface area contributed by atoms with E-state index in [1.165, 1.54) is 0 Å². The number of nitrogens with zero attached hydrogens (tertiary/aromatic N) is 2. The van der Waals surface area contributed by atoms with Gasteiger partial charge in [-0.3, -0.25) is 5.41 Å². The van der Waals surface area contributed by atoms with Crippen LogP contribution in [0.3, 0.4) is 0 Å². The van der Waals surface area contributed by atoms with Crippen LogP contribution < -0.4 is 10.6 Å². The van der Waals surface area contributed by atoms with Crippen molar-refractivity contribution in [3.05, 3.63) is 22.7 Å². The van der Waals surface area contributed by atoms with E-state index in [9.17, 15) is 0 Å². The predicted molar refractivity (Wildman–Crippen MR) is 84.4 cm³/mol. The second-order valence-corrected chi connectivity index (χ2v) is 5.84. The topological polar surface area (TPSA) is 95.4 Å². The molecule has 1 aromatic carbocycles. The molecule has 6 nitrogen and oxygen atoms in total. The number of nitrogen functional groups attached to an aromatic ring is 1. The molecule has 0 amide bonds. The molecule has 2 aliphatic heterocycles. The standard InChI is InChI=1S/C15H17ClN4O2/c16-10-1-2-12(14(19)13(10)11(18)9-17)20-5-3-15(4-6-20)21-7-8-22-15/h1-2,18H,3-8,19H2. The fourth-order valence-electron chi connectivity index (χ4n) is 3.04. The number of ether oxygens (including phenoxy) is 2. The van der Waals surface area contributed by atoms with Crippen LogP contribution in [0.25, 0.3) is 0 Å². The van der Waals surface area contributed by atoms with Gasteiger partial charge in [0.1, 0.15) is 11.8 Å². The van der Waals surface area contributed by atoms with Crippen LogP contribution >= 0.6 is 11.6 Å². The van der Waals surface area contributed by atoms with Gasteiger partial charge in [0.05, 0.1) is 35.2 Å². The minimum atomic E-state index is -0.445. The van der Waals surface area contributed by atoms with Gasteiger partial charge < -0.3 is 20.1 Å². The quantitative estimate of drug-likeness (QED) is 0.643. The summed E-state index contributed by atoms with van der Waals surface area (Å²) in [6.07, 6.45) is 1.53. The molecule has 2 fully saturated rings. The van der Waals surface area contributed by atoms with Gasteiger partial charge in [0.25, 0.3) is 0 Å². The number of benzene rings is 1. The Kier molecular flexibility index (Phi) is 3.96. The summed E-state index contributed by atoms with van der Waals surface area (Å²) in [6.45, 7) is 2.77. The third-order valence-corrected chi connectivity index (χ3v) is 4.53. The third kappa shape index (κ3) is 2.52. The van der Waals surface area contributed by atoms with Crippen molar-refractivity contribution in [2.75, 3.05) is 36.9 Å². The van der Waals surface area contributed by atoms with Gasteiger partial charge in [-0.05, 0) is 12.1 Å². The second kappa shape index (κ2) is 5.76. The van der Waals surface area contributed by atoms with E-state index in [2.05, 4.69) is 4.90 Å². The van der Waals surface area contributed by atoms with E-state index in [0.29, 0.717) is 29.5 Å². The summed E-state index contributed by atoms with van der Waals surface area (Å²) in [5.74, 6) is -0.445. The SMILES string of the molecule is N#CC(=N)c1c(Cl)ccc(N2CCC3(CC2)OCCO3)c1N. The molecule has 1 aromatic rings. The summed E-state index contributed by atoms with van der Waals surface area (Å²) in [6, 6.07) is 5.31. The zero-order valence-electron chi connectivity index (χ0n) is 12.1. The number of anilines is 2. The molecule has 0 atom stereocenters. The van der Waals surface area contributed by atoms with E-state index in [1.807, 2.05) is 6.07 Å². The average Bonchev–Trinajstić information content (AvgIpc) is 2.97. The number of halogens is 1. The zero-order chi connectivity index (χ0) is 15.7. The van der Waals surface area contributed by atoms with Crippen molar-refractivity contribution in [2.45, 2.75) is 18.6 Å². The Labute approximate surface area is 133 Å². The first-order chi connectivity index (χ1) is 10.6. The van der Waals surface area contributed by atoms with Crippen LogP contribution in [0, 0.1) is 16.7 Å². The lowest BCUT2D eigenvalue weighted by Gasteiger charge is -2.39. The summed E-state index contributed by atoms with van der Waals surface area (Å²) in [4.78, 5) is 2.12. The lowest BCUT2D eigenvalue weighted by molar-refractivity contribution is -0.169. The number of nitrogens with two attached hydrogens (primary N) is 1. The van der Waals surface area contributed by atoms with Crippen LogP contribution in [0.1, 0.15) is 18.4 Å². The molecule has 2 aliphatic rings. The summed E-state index contributed by atoms with van der Waals surface area (Å²) in [5, 5.41) is 17.0. The minimum absolute atomic E-state index is 0.222. The molecule has 2 heterocycles. The Hall–Kier alpha value is -1.81. The molecule has 0 bridgehead atoms. The van der Waals surface area contributed by atoms with Gasteiger partial charge in [-0.2, -0.15) is 5.26 Å². The zero-order valence-corrected chi connectivity index (χ0v) is 12.8. The first kappa shape index (κ1) is 15.1. The largest absolute Gasteiger partial charge is 0.396 e. The minimum Gasteiger partial charge on any atom is -0.396 e. The monoisotopic (exact) mass is 320 g/mol. The fourth-order valence-corrected chi connectivity index (χ4v) is 3.30. The molecule has 22 heavy (non-hydrogen) atoms. The van der Waals surface area contributed by atoms with Gasteiger partial charge in [-0.1, -0.05) is 11.6 Å². The maximum Gasteiger partial charge on any atom is 0.171 e. The molecule has 0 unspecified atom stereocenters. The maximum atomic E-state index is 8.94. The van der Waals surface area contributed by atoms with Gasteiger partial charge in [0.2, 0.25) is 0 Å². The summed E-state index contributed by atoms with van der Waals surface area (Å²) in [7, 11) is 0. The van der Waals surface area contributed by atoms with Crippen molar-refractivity contribution in [3.8, 4) is 6.07 Å². The van der Waals surface area contributed by atoms with E-state index in [-0.39, 0.29) is 5.71 Å². The van der Waals surface area contributed by atoms with Crippen molar-refractivity contribution in [1.29, 1.82) is 10.7 Å². The Morgan fingerprint density at radius 3 is 2.55 bits per heavy atom. The van der Waals surface area contributed by atoms with Gasteiger partial charge in [0, 0.05) is 25.9 Å². The van der Waals surface area contributed by atoms with Crippen molar-refractivity contribution in [1.82, 2.24) is 0 Å². The van der Waals surface area contributed by atoms with E-state index in [4.69, 9.17) is 37.5 Å². The normalized spacial score (nSPS) is 20.1. The van der Waals surface area contributed by atoms with Crippen LogP contribution in [-0.2, 0) is 9.47 Å². The smallest absolute Gasteiger partial charge is 0.171 e. The number of hydrogen-bond donors (Lipinski definition) is 2. The van der Waals surface area contributed by atoms with Crippen molar-refractivity contribution >= 4 is 28.7 Å². The van der Waals surface area contributed by atoms with Crippen LogP contribution in [0.4, 0.5) is 11.4 Å². The van der Waals surface area contributed by atoms with E-state index < -0.39 is 5.79 Å². The third-order valence-electron chi connectivity index (χ3n) is 4.21. The molecule has 2 saturated heterocycles. The van der Waals surface area contributed by atoms with Crippen LogP contribution in [0.15, 0.2) is 12.1 Å². The number of nitriles is 1.